The van der Waals surface area contributed by atoms with Crippen molar-refractivity contribution >= 4 is 11.6 Å². The number of hydrogen-bond donors (Lipinski definition) is 1. The lowest BCUT2D eigenvalue weighted by atomic mass is 10.1. The second kappa shape index (κ2) is 4.47. The third kappa shape index (κ3) is 2.06. The smallest absolute Gasteiger partial charge is 0.136 e. The van der Waals surface area contributed by atoms with Crippen LogP contribution in [0.4, 0.5) is 4.39 Å². The molecule has 0 amide bonds. The highest BCUT2D eigenvalue weighted by atomic mass is 35.5. The Hall–Kier alpha value is -1.39. The molecular weight excluding hydrogens is 241 g/mol. The monoisotopic (exact) mass is 253 g/mol. The van der Waals surface area contributed by atoms with Crippen LogP contribution < -0.4 is 5.73 Å². The van der Waals surface area contributed by atoms with E-state index in [9.17, 15) is 4.39 Å². The van der Waals surface area contributed by atoms with Gasteiger partial charge in [0.2, 0.25) is 0 Å². The summed E-state index contributed by atoms with van der Waals surface area (Å²) >= 11 is 6.17. The van der Waals surface area contributed by atoms with Gasteiger partial charge in [-0.05, 0) is 30.7 Å². The number of benzene rings is 1. The molecule has 2 N–H and O–H groups in total. The SMILES string of the molecule is Cc1cc(-c2nc(CN)n(C)c2Cl)ccc1F. The summed E-state index contributed by atoms with van der Waals surface area (Å²) in [6.07, 6.45) is 0. The molecule has 0 radical (unpaired) electrons. The molecule has 1 heterocycles. The van der Waals surface area contributed by atoms with Crippen LogP contribution >= 0.6 is 11.6 Å². The maximum absolute atomic E-state index is 13.2. The number of halogens is 2. The third-order valence-corrected chi connectivity index (χ3v) is 3.16. The van der Waals surface area contributed by atoms with Gasteiger partial charge in [-0.2, -0.15) is 0 Å². The Kier molecular flexibility index (Phi) is 3.17. The van der Waals surface area contributed by atoms with Gasteiger partial charge in [0.1, 0.15) is 22.5 Å². The first-order chi connectivity index (χ1) is 8.04. The molecule has 17 heavy (non-hydrogen) atoms. The fourth-order valence-electron chi connectivity index (χ4n) is 1.68. The van der Waals surface area contributed by atoms with Crippen LogP contribution in [0.3, 0.4) is 0 Å². The molecule has 0 atom stereocenters. The summed E-state index contributed by atoms with van der Waals surface area (Å²) in [7, 11) is 1.80. The Morgan fingerprint density at radius 3 is 2.71 bits per heavy atom. The molecule has 1 aromatic carbocycles. The molecule has 0 spiro atoms. The predicted molar refractivity (Wildman–Crippen MR) is 66.2 cm³/mol. The van der Waals surface area contributed by atoms with E-state index in [2.05, 4.69) is 4.98 Å². The molecule has 0 fully saturated rings. The molecule has 0 unspecified atom stereocenters. The van der Waals surface area contributed by atoms with Gasteiger partial charge in [0.25, 0.3) is 0 Å². The maximum Gasteiger partial charge on any atom is 0.136 e. The molecule has 3 nitrogen and oxygen atoms in total. The van der Waals surface area contributed by atoms with E-state index in [1.54, 1.807) is 30.7 Å². The number of nitrogens with zero attached hydrogens (tertiary/aromatic N) is 2. The number of rotatable bonds is 2. The van der Waals surface area contributed by atoms with Crippen molar-refractivity contribution in [3.63, 3.8) is 0 Å². The summed E-state index contributed by atoms with van der Waals surface area (Å²) in [6.45, 7) is 2.02. The average molecular weight is 254 g/mol. The Morgan fingerprint density at radius 2 is 2.18 bits per heavy atom. The topological polar surface area (TPSA) is 43.8 Å². The molecular formula is C12H13ClFN3. The van der Waals surface area contributed by atoms with Crippen LogP contribution in [0, 0.1) is 12.7 Å². The van der Waals surface area contributed by atoms with Gasteiger partial charge in [-0.3, -0.25) is 0 Å². The first-order valence-electron chi connectivity index (χ1n) is 5.22. The zero-order valence-electron chi connectivity index (χ0n) is 9.67. The van der Waals surface area contributed by atoms with E-state index in [4.69, 9.17) is 17.3 Å². The molecule has 1 aromatic heterocycles. The van der Waals surface area contributed by atoms with Crippen LogP contribution in [0.15, 0.2) is 18.2 Å². The minimum atomic E-state index is -0.236. The highest BCUT2D eigenvalue weighted by Crippen LogP contribution is 2.28. The highest BCUT2D eigenvalue weighted by Gasteiger charge is 2.14. The number of aryl methyl sites for hydroxylation is 1. The zero-order chi connectivity index (χ0) is 12.6. The molecule has 0 saturated heterocycles. The van der Waals surface area contributed by atoms with Crippen molar-refractivity contribution in [2.45, 2.75) is 13.5 Å². The second-order valence-corrected chi connectivity index (χ2v) is 4.25. The fourth-order valence-corrected chi connectivity index (χ4v) is 1.93. The van der Waals surface area contributed by atoms with Crippen molar-refractivity contribution in [3.05, 3.63) is 40.6 Å². The van der Waals surface area contributed by atoms with E-state index in [-0.39, 0.29) is 5.82 Å². The van der Waals surface area contributed by atoms with E-state index in [1.165, 1.54) is 6.07 Å². The van der Waals surface area contributed by atoms with Gasteiger partial charge < -0.3 is 10.3 Å². The number of aromatic nitrogens is 2. The van der Waals surface area contributed by atoms with Crippen LogP contribution in [0.1, 0.15) is 11.4 Å². The Balaban J connectivity index is 2.56. The molecule has 0 aliphatic heterocycles. The summed E-state index contributed by atoms with van der Waals surface area (Å²) in [5.41, 5.74) is 7.56. The van der Waals surface area contributed by atoms with Crippen LogP contribution in [-0.2, 0) is 13.6 Å². The van der Waals surface area contributed by atoms with Gasteiger partial charge in [0.05, 0.1) is 6.54 Å². The predicted octanol–water partition coefficient (Wildman–Crippen LogP) is 2.65. The second-order valence-electron chi connectivity index (χ2n) is 3.89. The van der Waals surface area contributed by atoms with E-state index >= 15 is 0 Å². The van der Waals surface area contributed by atoms with Crippen molar-refractivity contribution in [1.29, 1.82) is 0 Å². The van der Waals surface area contributed by atoms with Gasteiger partial charge in [-0.1, -0.05) is 11.6 Å². The summed E-state index contributed by atoms with van der Waals surface area (Å²) in [4.78, 5) is 4.35. The normalized spacial score (nSPS) is 10.9. The van der Waals surface area contributed by atoms with E-state index < -0.39 is 0 Å². The zero-order valence-corrected chi connectivity index (χ0v) is 10.4. The van der Waals surface area contributed by atoms with Gasteiger partial charge >= 0.3 is 0 Å². The van der Waals surface area contributed by atoms with Crippen LogP contribution in [0.2, 0.25) is 5.15 Å². The first kappa shape index (κ1) is 12.1. The Morgan fingerprint density at radius 1 is 1.47 bits per heavy atom. The van der Waals surface area contributed by atoms with Gasteiger partial charge in [0.15, 0.2) is 0 Å². The largest absolute Gasteiger partial charge is 0.324 e. The number of imidazole rings is 1. The van der Waals surface area contributed by atoms with Crippen molar-refractivity contribution in [2.24, 2.45) is 12.8 Å². The number of nitrogens with two attached hydrogens (primary N) is 1. The standard InChI is InChI=1S/C12H13ClFN3/c1-7-5-8(3-4-9(7)14)11-12(13)17(2)10(6-15)16-11/h3-5H,6,15H2,1-2H3. The van der Waals surface area contributed by atoms with Crippen LogP contribution in [0.25, 0.3) is 11.3 Å². The molecule has 0 saturated carbocycles. The van der Waals surface area contributed by atoms with Crippen LogP contribution in [0.5, 0.6) is 0 Å². The Bertz CT molecular complexity index is 563. The average Bonchev–Trinajstić information content (AvgIpc) is 2.60. The minimum absolute atomic E-state index is 0.236. The lowest BCUT2D eigenvalue weighted by Gasteiger charge is -2.01. The quantitative estimate of drug-likeness (QED) is 0.894. The van der Waals surface area contributed by atoms with Gasteiger partial charge in [0, 0.05) is 12.6 Å². The van der Waals surface area contributed by atoms with E-state index in [1.807, 2.05) is 0 Å². The van der Waals surface area contributed by atoms with Gasteiger partial charge in [-0.25, -0.2) is 9.37 Å². The van der Waals surface area contributed by atoms with Gasteiger partial charge in [-0.15, -0.1) is 0 Å². The lowest BCUT2D eigenvalue weighted by Crippen LogP contribution is -2.04. The summed E-state index contributed by atoms with van der Waals surface area (Å²) in [5.74, 6) is 0.465. The molecule has 0 bridgehead atoms. The minimum Gasteiger partial charge on any atom is -0.324 e. The molecule has 2 rings (SSSR count). The molecule has 0 aliphatic carbocycles. The van der Waals surface area contributed by atoms with Crippen molar-refractivity contribution in [3.8, 4) is 11.3 Å². The molecule has 2 aromatic rings. The number of hydrogen-bond acceptors (Lipinski definition) is 2. The van der Waals surface area contributed by atoms with Crippen LogP contribution in [-0.4, -0.2) is 9.55 Å². The van der Waals surface area contributed by atoms with Crippen molar-refractivity contribution in [1.82, 2.24) is 9.55 Å². The lowest BCUT2D eigenvalue weighted by molar-refractivity contribution is 0.619. The Labute approximate surface area is 104 Å². The molecule has 5 heteroatoms. The third-order valence-electron chi connectivity index (χ3n) is 2.73. The maximum atomic E-state index is 13.2. The van der Waals surface area contributed by atoms with E-state index in [0.717, 1.165) is 5.56 Å². The molecule has 90 valence electrons. The highest BCUT2D eigenvalue weighted by molar-refractivity contribution is 6.32. The summed E-state index contributed by atoms with van der Waals surface area (Å²) in [5, 5.41) is 0.511. The summed E-state index contributed by atoms with van der Waals surface area (Å²) in [6, 6.07) is 4.80. The van der Waals surface area contributed by atoms with Crippen molar-refractivity contribution < 1.29 is 4.39 Å². The summed E-state index contributed by atoms with van der Waals surface area (Å²) < 4.78 is 14.9. The fraction of sp³-hybridized carbons (Fsp3) is 0.250. The van der Waals surface area contributed by atoms with Crippen molar-refractivity contribution in [2.75, 3.05) is 0 Å². The first-order valence-corrected chi connectivity index (χ1v) is 5.60. The molecule has 0 aliphatic rings. The van der Waals surface area contributed by atoms with E-state index in [0.29, 0.717) is 28.8 Å².